The first-order valence-electron chi connectivity index (χ1n) is 19.4. The van der Waals surface area contributed by atoms with Gasteiger partial charge in [0.2, 0.25) is 23.6 Å². The van der Waals surface area contributed by atoms with Crippen molar-refractivity contribution in [3.05, 3.63) is 71.3 Å². The molecule has 7 rings (SSSR count). The van der Waals surface area contributed by atoms with Crippen LogP contribution in [0.5, 0.6) is 0 Å². The van der Waals surface area contributed by atoms with E-state index in [0.717, 1.165) is 75.3 Å². The van der Waals surface area contributed by atoms with Crippen LogP contribution >= 0.6 is 0 Å². The smallest absolute Gasteiger partial charge is 0.410 e. The van der Waals surface area contributed by atoms with Crippen LogP contribution in [0.25, 0.3) is 0 Å². The molecule has 2 saturated heterocycles. The van der Waals surface area contributed by atoms with Gasteiger partial charge >= 0.3 is 6.09 Å². The molecule has 0 aromatic heterocycles. The fourth-order valence-corrected chi connectivity index (χ4v) is 9.03. The van der Waals surface area contributed by atoms with Crippen LogP contribution in [-0.4, -0.2) is 88.7 Å². The van der Waals surface area contributed by atoms with Crippen molar-refractivity contribution < 1.29 is 28.7 Å². The lowest BCUT2D eigenvalue weighted by atomic mass is 9.82. The van der Waals surface area contributed by atoms with Crippen molar-refractivity contribution in [1.29, 1.82) is 0 Å². The van der Waals surface area contributed by atoms with Crippen LogP contribution in [0.3, 0.4) is 0 Å². The highest BCUT2D eigenvalue weighted by Crippen LogP contribution is 2.42. The third-order valence-corrected chi connectivity index (χ3v) is 12.3. The van der Waals surface area contributed by atoms with E-state index >= 15 is 0 Å². The first-order valence-corrected chi connectivity index (χ1v) is 19.4. The number of benzene rings is 2. The van der Waals surface area contributed by atoms with Crippen molar-refractivity contribution >= 4 is 29.7 Å². The minimum atomic E-state index is -0.886. The number of ether oxygens (including phenoxy) is 1. The molecule has 11 heteroatoms. The van der Waals surface area contributed by atoms with E-state index in [4.69, 9.17) is 4.74 Å². The second-order valence-corrected chi connectivity index (χ2v) is 15.6. The fraction of sp³-hybridized carbons (Fsp3) is 0.585. The second-order valence-electron chi connectivity index (χ2n) is 15.6. The Morgan fingerprint density at radius 1 is 0.865 bits per heavy atom. The summed E-state index contributed by atoms with van der Waals surface area (Å²) in [6.07, 6.45) is 9.15. The molecule has 2 N–H and O–H groups in total. The van der Waals surface area contributed by atoms with E-state index in [2.05, 4.69) is 22.8 Å². The second kappa shape index (κ2) is 15.7. The van der Waals surface area contributed by atoms with Gasteiger partial charge in [-0.2, -0.15) is 0 Å². The summed E-state index contributed by atoms with van der Waals surface area (Å²) in [7, 11) is 1.53. The Bertz CT molecular complexity index is 1640. The Morgan fingerprint density at radius 3 is 2.35 bits per heavy atom. The molecule has 6 unspecified atom stereocenters. The van der Waals surface area contributed by atoms with Crippen LogP contribution in [0.15, 0.2) is 54.6 Å². The molecule has 2 saturated carbocycles. The summed E-state index contributed by atoms with van der Waals surface area (Å²) < 4.78 is 5.48. The van der Waals surface area contributed by atoms with Crippen LogP contribution in [0.2, 0.25) is 0 Å². The predicted octanol–water partition coefficient (Wildman–Crippen LogP) is 4.74. The highest BCUT2D eigenvalue weighted by molar-refractivity contribution is 5.93. The third kappa shape index (κ3) is 7.55. The van der Waals surface area contributed by atoms with Gasteiger partial charge in [0.1, 0.15) is 18.7 Å². The van der Waals surface area contributed by atoms with E-state index < -0.39 is 36.0 Å². The number of likely N-dealkylation sites (N-methyl/N-ethyl adjacent to an activating group) is 1. The lowest BCUT2D eigenvalue weighted by Crippen LogP contribution is -2.59. The fourth-order valence-electron chi connectivity index (χ4n) is 9.03. The van der Waals surface area contributed by atoms with Crippen LogP contribution in [0.1, 0.15) is 93.9 Å². The molecular formula is C41H53N5O6. The summed E-state index contributed by atoms with van der Waals surface area (Å²) in [6.45, 7) is 2.43. The molecule has 0 spiro atoms. The van der Waals surface area contributed by atoms with E-state index in [9.17, 15) is 24.0 Å². The average molecular weight is 712 g/mol. The molecule has 5 amide bonds. The number of nitrogens with zero attached hydrogens (tertiary/aromatic N) is 3. The number of nitrogens with one attached hydrogen (secondary N) is 2. The van der Waals surface area contributed by atoms with Crippen LogP contribution in [-0.2, 0) is 36.9 Å². The summed E-state index contributed by atoms with van der Waals surface area (Å²) in [5.41, 5.74) is 3.24. The molecule has 0 radical (unpaired) electrons. The van der Waals surface area contributed by atoms with Gasteiger partial charge in [-0.15, -0.1) is 0 Å². The number of carbonyl (C=O) groups is 5. The molecule has 2 heterocycles. The summed E-state index contributed by atoms with van der Waals surface area (Å²) in [4.78, 5) is 74.5. The summed E-state index contributed by atoms with van der Waals surface area (Å²) in [5.74, 6) is -1.29. The summed E-state index contributed by atoms with van der Waals surface area (Å²) in [5, 5.41) is 6.42. The van der Waals surface area contributed by atoms with Gasteiger partial charge in [0.15, 0.2) is 0 Å². The minimum absolute atomic E-state index is 0.00423. The van der Waals surface area contributed by atoms with Crippen molar-refractivity contribution in [2.75, 3.05) is 20.1 Å². The summed E-state index contributed by atoms with van der Waals surface area (Å²) in [6, 6.07) is 15.1. The lowest BCUT2D eigenvalue weighted by molar-refractivity contribution is -0.141. The van der Waals surface area contributed by atoms with Crippen molar-refractivity contribution in [1.82, 2.24) is 25.3 Å². The maximum atomic E-state index is 14.8. The SMILES string of the molecule is CC(C(=O)NC(C(=O)N1CCC2C1C(C(=O)NC1CCCc3ccccc31)CN2C(=O)C1CC1)C1CCCCC1)N(C)C(=O)OCc1ccccc1. The average Bonchev–Trinajstić information content (AvgIpc) is 3.84. The zero-order valence-electron chi connectivity index (χ0n) is 30.5. The molecule has 11 nitrogen and oxygen atoms in total. The highest BCUT2D eigenvalue weighted by atomic mass is 16.6. The lowest BCUT2D eigenvalue weighted by Gasteiger charge is -2.37. The van der Waals surface area contributed by atoms with E-state index in [1.165, 1.54) is 17.5 Å². The quantitative estimate of drug-likeness (QED) is 0.367. The maximum absolute atomic E-state index is 14.8. The Kier molecular flexibility index (Phi) is 10.8. The van der Waals surface area contributed by atoms with Gasteiger partial charge in [-0.25, -0.2) is 4.79 Å². The number of amides is 5. The minimum Gasteiger partial charge on any atom is -0.445 e. The normalized spacial score (nSPS) is 25.3. The Balaban J connectivity index is 1.09. The Morgan fingerprint density at radius 2 is 1.60 bits per heavy atom. The molecule has 52 heavy (non-hydrogen) atoms. The maximum Gasteiger partial charge on any atom is 0.410 e. The molecular weight excluding hydrogens is 658 g/mol. The molecule has 5 aliphatic rings. The monoisotopic (exact) mass is 711 g/mol. The number of carbonyl (C=O) groups excluding carboxylic acids is 5. The standard InChI is InChI=1S/C41H53N5O6/c1-26(44(2)41(51)52-25-27-12-5-3-6-13-27)37(47)43-35(29-15-7-4-8-16-29)40(50)45-23-22-34-36(45)32(24-46(34)39(49)30-20-21-30)38(48)42-33-19-11-17-28-14-9-10-18-31(28)33/h3,5-6,9-10,12-14,18,26,29-30,32-36H,4,7-8,11,15-17,19-25H2,1-2H3,(H,42,48)(H,43,47). The third-order valence-electron chi connectivity index (χ3n) is 12.3. The predicted molar refractivity (Wildman–Crippen MR) is 194 cm³/mol. The number of fused-ring (bicyclic) bond motifs is 2. The van der Waals surface area contributed by atoms with E-state index in [1.807, 2.05) is 52.3 Å². The van der Waals surface area contributed by atoms with Gasteiger partial charge in [0, 0.05) is 26.1 Å². The number of hydrogen-bond donors (Lipinski definition) is 2. The molecule has 3 aliphatic carbocycles. The molecule has 2 aromatic carbocycles. The molecule has 278 valence electrons. The van der Waals surface area contributed by atoms with Crippen molar-refractivity contribution in [3.63, 3.8) is 0 Å². The number of rotatable bonds is 10. The van der Waals surface area contributed by atoms with Gasteiger partial charge in [0.05, 0.1) is 24.0 Å². The zero-order valence-corrected chi connectivity index (χ0v) is 30.5. The molecule has 0 bridgehead atoms. The first kappa shape index (κ1) is 36.0. The first-order chi connectivity index (χ1) is 25.2. The number of hydrogen-bond acceptors (Lipinski definition) is 6. The molecule has 2 aromatic rings. The Labute approximate surface area is 306 Å². The van der Waals surface area contributed by atoms with Gasteiger partial charge in [-0.05, 0) is 80.9 Å². The number of aryl methyl sites for hydroxylation is 1. The number of likely N-dealkylation sites (tertiary alicyclic amines) is 2. The van der Waals surface area contributed by atoms with Gasteiger partial charge < -0.3 is 25.2 Å². The van der Waals surface area contributed by atoms with Crippen molar-refractivity contribution in [2.45, 2.75) is 114 Å². The van der Waals surface area contributed by atoms with Crippen LogP contribution in [0.4, 0.5) is 4.79 Å². The Hall–Kier alpha value is -4.41. The molecule has 4 fully saturated rings. The van der Waals surface area contributed by atoms with Crippen LogP contribution < -0.4 is 10.6 Å². The molecule has 6 atom stereocenters. The summed E-state index contributed by atoms with van der Waals surface area (Å²) >= 11 is 0. The van der Waals surface area contributed by atoms with Crippen LogP contribution in [0, 0.1) is 17.8 Å². The van der Waals surface area contributed by atoms with E-state index in [-0.39, 0.29) is 48.2 Å². The van der Waals surface area contributed by atoms with E-state index in [0.29, 0.717) is 19.5 Å². The largest absolute Gasteiger partial charge is 0.445 e. The zero-order chi connectivity index (χ0) is 36.4. The van der Waals surface area contributed by atoms with E-state index in [1.54, 1.807) is 6.92 Å². The van der Waals surface area contributed by atoms with Crippen molar-refractivity contribution in [2.24, 2.45) is 17.8 Å². The van der Waals surface area contributed by atoms with Gasteiger partial charge in [-0.3, -0.25) is 24.1 Å². The van der Waals surface area contributed by atoms with Gasteiger partial charge in [-0.1, -0.05) is 73.9 Å². The molecule has 2 aliphatic heterocycles. The van der Waals surface area contributed by atoms with Crippen molar-refractivity contribution in [3.8, 4) is 0 Å². The highest BCUT2D eigenvalue weighted by Gasteiger charge is 2.56. The topological polar surface area (TPSA) is 128 Å². The van der Waals surface area contributed by atoms with Gasteiger partial charge in [0.25, 0.3) is 0 Å².